The minimum Gasteiger partial charge on any atom is -0.494 e. The average Bonchev–Trinajstić information content (AvgIpc) is 3.79. The highest BCUT2D eigenvalue weighted by molar-refractivity contribution is 7.87. The van der Waals surface area contributed by atoms with Crippen molar-refractivity contribution in [2.75, 3.05) is 44.8 Å². The molecule has 2 fully saturated rings. The SMILES string of the molecule is COc1ccc(CNS(=O)(=O)N2CCN(c3cnn(-c4cccc(Cl)c4)c(=O)c3OCC3(C)CC3)CC2)c2ccc(C(F)(F)F)nc12. The van der Waals surface area contributed by atoms with E-state index in [0.29, 0.717) is 34.0 Å². The van der Waals surface area contributed by atoms with Gasteiger partial charge >= 0.3 is 11.7 Å². The number of benzene rings is 2. The molecule has 250 valence electrons. The molecular formula is C31H32ClF3N6O5S. The third-order valence-corrected chi connectivity index (χ3v) is 10.2. The van der Waals surface area contributed by atoms with Crippen LogP contribution >= 0.6 is 11.6 Å². The Hall–Kier alpha value is -3.92. The molecule has 1 aliphatic heterocycles. The maximum absolute atomic E-state index is 13.6. The summed E-state index contributed by atoms with van der Waals surface area (Å²) in [5.41, 5.74) is -0.162. The number of ether oxygens (including phenoxy) is 2. The van der Waals surface area contributed by atoms with Crippen molar-refractivity contribution in [3.63, 3.8) is 0 Å². The predicted molar refractivity (Wildman–Crippen MR) is 171 cm³/mol. The van der Waals surface area contributed by atoms with Gasteiger partial charge in [0.15, 0.2) is 0 Å². The zero-order valence-corrected chi connectivity index (χ0v) is 27.1. The van der Waals surface area contributed by atoms with Crippen LogP contribution in [0.4, 0.5) is 18.9 Å². The molecule has 1 saturated heterocycles. The molecule has 47 heavy (non-hydrogen) atoms. The summed E-state index contributed by atoms with van der Waals surface area (Å²) in [7, 11) is -2.67. The summed E-state index contributed by atoms with van der Waals surface area (Å²) in [5, 5.41) is 5.16. The fourth-order valence-corrected chi connectivity index (χ4v) is 6.69. The molecule has 2 aliphatic rings. The molecule has 11 nitrogen and oxygen atoms in total. The van der Waals surface area contributed by atoms with E-state index < -0.39 is 27.6 Å². The number of piperazine rings is 1. The zero-order chi connectivity index (χ0) is 33.6. The number of methoxy groups -OCH3 is 1. The number of nitrogens with one attached hydrogen (secondary N) is 1. The van der Waals surface area contributed by atoms with E-state index in [1.807, 2.05) is 4.90 Å². The van der Waals surface area contributed by atoms with Crippen molar-refractivity contribution < 1.29 is 31.1 Å². The van der Waals surface area contributed by atoms with Gasteiger partial charge < -0.3 is 14.4 Å². The lowest BCUT2D eigenvalue weighted by Crippen LogP contribution is -2.52. The van der Waals surface area contributed by atoms with Crippen molar-refractivity contribution >= 4 is 38.4 Å². The monoisotopic (exact) mass is 692 g/mol. The smallest absolute Gasteiger partial charge is 0.433 e. The second-order valence-electron chi connectivity index (χ2n) is 11.9. The Labute approximate surface area is 274 Å². The number of hydrogen-bond acceptors (Lipinski definition) is 8. The number of alkyl halides is 3. The van der Waals surface area contributed by atoms with Crippen LogP contribution in [0.5, 0.6) is 11.5 Å². The third kappa shape index (κ3) is 7.03. The molecule has 6 rings (SSSR count). The highest BCUT2D eigenvalue weighted by Gasteiger charge is 2.39. The lowest BCUT2D eigenvalue weighted by Gasteiger charge is -2.35. The van der Waals surface area contributed by atoms with Gasteiger partial charge in [0.05, 0.1) is 25.6 Å². The molecule has 0 bridgehead atoms. The second kappa shape index (κ2) is 12.6. The lowest BCUT2D eigenvalue weighted by molar-refractivity contribution is -0.140. The number of nitrogens with zero attached hydrogens (tertiary/aromatic N) is 5. The molecule has 0 atom stereocenters. The molecule has 0 amide bonds. The lowest BCUT2D eigenvalue weighted by atomic mass is 10.1. The standard InChI is InChI=1S/C31H32ClF3N6O5S/c1-30(10-11-30)19-46-28-24(18-36-41(29(28)42)22-5-3-4-21(32)16-22)39-12-14-40(15-13-39)47(43,44)37-17-20-6-8-25(45-2)27-23(20)7-9-26(38-27)31(33,34)35/h3-9,16,18,37H,10-15,17,19H2,1-2H3. The summed E-state index contributed by atoms with van der Waals surface area (Å²) in [6.07, 6.45) is -1.11. The van der Waals surface area contributed by atoms with E-state index in [1.54, 1.807) is 36.5 Å². The number of halogens is 4. The van der Waals surface area contributed by atoms with Gasteiger partial charge in [0.1, 0.15) is 22.6 Å². The number of rotatable bonds is 10. The van der Waals surface area contributed by atoms with Crippen LogP contribution in [-0.2, 0) is 22.9 Å². The largest absolute Gasteiger partial charge is 0.494 e. The highest BCUT2D eigenvalue weighted by Crippen LogP contribution is 2.45. The zero-order valence-electron chi connectivity index (χ0n) is 25.6. The minimum atomic E-state index is -4.65. The van der Waals surface area contributed by atoms with E-state index in [0.717, 1.165) is 18.9 Å². The van der Waals surface area contributed by atoms with Crippen LogP contribution in [0.2, 0.25) is 5.02 Å². The maximum Gasteiger partial charge on any atom is 0.433 e. The van der Waals surface area contributed by atoms with E-state index in [1.165, 1.54) is 28.2 Å². The number of fused-ring (bicyclic) bond motifs is 1. The molecule has 0 spiro atoms. The summed E-state index contributed by atoms with van der Waals surface area (Å²) >= 11 is 6.15. The molecule has 2 aromatic carbocycles. The number of hydrogen-bond donors (Lipinski definition) is 1. The Morgan fingerprint density at radius 2 is 1.81 bits per heavy atom. The Bertz CT molecular complexity index is 1980. The molecular weight excluding hydrogens is 661 g/mol. The maximum atomic E-state index is 13.6. The van der Waals surface area contributed by atoms with Crippen molar-refractivity contribution in [3.05, 3.63) is 81.4 Å². The Morgan fingerprint density at radius 1 is 1.06 bits per heavy atom. The molecule has 0 radical (unpaired) electrons. The van der Waals surface area contributed by atoms with Crippen LogP contribution in [0.3, 0.4) is 0 Å². The van der Waals surface area contributed by atoms with Crippen molar-refractivity contribution in [3.8, 4) is 17.2 Å². The van der Waals surface area contributed by atoms with Crippen LogP contribution in [0.15, 0.2) is 59.5 Å². The van der Waals surface area contributed by atoms with E-state index >= 15 is 0 Å². The van der Waals surface area contributed by atoms with Crippen molar-refractivity contribution in [2.24, 2.45) is 5.41 Å². The van der Waals surface area contributed by atoms with Gasteiger partial charge in [0, 0.05) is 48.5 Å². The Morgan fingerprint density at radius 3 is 2.47 bits per heavy atom. The molecule has 3 heterocycles. The Balaban J connectivity index is 1.18. The van der Waals surface area contributed by atoms with Crippen LogP contribution in [-0.4, -0.2) is 67.4 Å². The first-order valence-corrected chi connectivity index (χ1v) is 16.6. The fourth-order valence-electron chi connectivity index (χ4n) is 5.34. The molecule has 1 saturated carbocycles. The molecule has 4 aromatic rings. The van der Waals surface area contributed by atoms with Crippen LogP contribution in [0.1, 0.15) is 31.0 Å². The predicted octanol–water partition coefficient (Wildman–Crippen LogP) is 4.80. The van der Waals surface area contributed by atoms with Crippen molar-refractivity contribution in [2.45, 2.75) is 32.5 Å². The molecule has 0 unspecified atom stereocenters. The van der Waals surface area contributed by atoms with Gasteiger partial charge in [-0.2, -0.15) is 40.4 Å². The van der Waals surface area contributed by atoms with Gasteiger partial charge in [-0.1, -0.05) is 36.7 Å². The molecule has 2 aromatic heterocycles. The molecule has 16 heteroatoms. The van der Waals surface area contributed by atoms with Gasteiger partial charge in [-0.3, -0.25) is 4.79 Å². The summed E-state index contributed by atoms with van der Waals surface area (Å²) in [6.45, 7) is 2.98. The van der Waals surface area contributed by atoms with E-state index in [9.17, 15) is 26.4 Å². The quantitative estimate of drug-likeness (QED) is 0.252. The van der Waals surface area contributed by atoms with Crippen LogP contribution < -0.4 is 24.7 Å². The molecule has 1 aliphatic carbocycles. The van der Waals surface area contributed by atoms with Gasteiger partial charge in [-0.25, -0.2) is 4.98 Å². The number of pyridine rings is 1. The summed E-state index contributed by atoms with van der Waals surface area (Å²) < 4.78 is 82.9. The summed E-state index contributed by atoms with van der Waals surface area (Å²) in [5.74, 6) is 0.273. The number of aromatic nitrogens is 3. The van der Waals surface area contributed by atoms with Crippen LogP contribution in [0, 0.1) is 5.41 Å². The highest BCUT2D eigenvalue weighted by atomic mass is 35.5. The summed E-state index contributed by atoms with van der Waals surface area (Å²) in [6, 6.07) is 11.9. The van der Waals surface area contributed by atoms with E-state index in [2.05, 4.69) is 21.7 Å². The average molecular weight is 693 g/mol. The van der Waals surface area contributed by atoms with Gasteiger partial charge in [0.25, 0.3) is 10.2 Å². The van der Waals surface area contributed by atoms with Gasteiger partial charge in [-0.15, -0.1) is 0 Å². The second-order valence-corrected chi connectivity index (χ2v) is 14.1. The number of anilines is 1. The fraction of sp³-hybridized carbons (Fsp3) is 0.387. The third-order valence-electron chi connectivity index (χ3n) is 8.42. The van der Waals surface area contributed by atoms with Gasteiger partial charge in [-0.05, 0) is 48.7 Å². The molecule has 1 N–H and O–H groups in total. The van der Waals surface area contributed by atoms with Crippen LogP contribution in [0.25, 0.3) is 16.6 Å². The first-order chi connectivity index (χ1) is 22.3. The van der Waals surface area contributed by atoms with Crippen molar-refractivity contribution in [1.29, 1.82) is 0 Å². The van der Waals surface area contributed by atoms with E-state index in [4.69, 9.17) is 21.1 Å². The van der Waals surface area contributed by atoms with Crippen molar-refractivity contribution in [1.82, 2.24) is 23.8 Å². The van der Waals surface area contributed by atoms with E-state index in [-0.39, 0.29) is 55.2 Å². The summed E-state index contributed by atoms with van der Waals surface area (Å²) in [4.78, 5) is 19.2. The minimum absolute atomic E-state index is 0.00178. The first kappa shape index (κ1) is 33.0. The Kier molecular flexibility index (Phi) is 8.84. The topological polar surface area (TPSA) is 119 Å². The van der Waals surface area contributed by atoms with Gasteiger partial charge in [0.2, 0.25) is 5.75 Å². The first-order valence-electron chi connectivity index (χ1n) is 14.8. The normalized spacial score (nSPS) is 16.8.